The summed E-state index contributed by atoms with van der Waals surface area (Å²) < 4.78 is 0. The summed E-state index contributed by atoms with van der Waals surface area (Å²) in [7, 11) is 0. The van der Waals surface area contributed by atoms with Gasteiger partial charge in [-0.3, -0.25) is 19.2 Å². The van der Waals surface area contributed by atoms with Crippen LogP contribution >= 0.6 is 23.4 Å². The van der Waals surface area contributed by atoms with Crippen LogP contribution in [0, 0.1) is 0 Å². The Balaban J connectivity index is 1.36. The lowest BCUT2D eigenvalue weighted by Crippen LogP contribution is -2.30. The Morgan fingerprint density at radius 2 is 1.36 bits per heavy atom. The van der Waals surface area contributed by atoms with Gasteiger partial charge in [-0.05, 0) is 83.9 Å². The van der Waals surface area contributed by atoms with Crippen molar-refractivity contribution in [3.63, 3.8) is 0 Å². The molecule has 0 radical (unpaired) electrons. The molecule has 0 bridgehead atoms. The van der Waals surface area contributed by atoms with Crippen LogP contribution in [-0.2, 0) is 9.59 Å². The van der Waals surface area contributed by atoms with Crippen LogP contribution in [-0.4, -0.2) is 23.6 Å². The lowest BCUT2D eigenvalue weighted by Gasteiger charge is -2.18. The molecule has 10 heteroatoms. The zero-order valence-corrected chi connectivity index (χ0v) is 26.4. The van der Waals surface area contributed by atoms with Gasteiger partial charge in [-0.2, -0.15) is 0 Å². The normalized spacial score (nSPS) is 11.6. The molecule has 234 valence electrons. The van der Waals surface area contributed by atoms with Crippen LogP contribution in [0.5, 0.6) is 0 Å². The van der Waals surface area contributed by atoms with Crippen LogP contribution in [0.25, 0.3) is 6.08 Å². The summed E-state index contributed by atoms with van der Waals surface area (Å²) >= 11 is 7.47. The van der Waals surface area contributed by atoms with Gasteiger partial charge in [-0.25, -0.2) is 0 Å². The maximum atomic E-state index is 13.6. The highest BCUT2D eigenvalue weighted by Crippen LogP contribution is 2.37. The summed E-state index contributed by atoms with van der Waals surface area (Å²) in [6.07, 6.45) is 1.55. The number of nitrogens with two attached hydrogens (primary N) is 1. The number of hydrogen-bond donors (Lipinski definition) is 4. The predicted molar refractivity (Wildman–Crippen MR) is 187 cm³/mol. The van der Waals surface area contributed by atoms with Crippen molar-refractivity contribution in [2.24, 2.45) is 5.73 Å². The van der Waals surface area contributed by atoms with E-state index in [1.807, 2.05) is 36.4 Å². The summed E-state index contributed by atoms with van der Waals surface area (Å²) in [6, 6.07) is 38.2. The van der Waals surface area contributed by atoms with E-state index in [0.717, 1.165) is 5.56 Å². The van der Waals surface area contributed by atoms with E-state index in [2.05, 4.69) is 16.0 Å². The molecular formula is C37H29ClN4O4S. The van der Waals surface area contributed by atoms with Gasteiger partial charge in [0.15, 0.2) is 0 Å². The van der Waals surface area contributed by atoms with Crippen LogP contribution < -0.4 is 21.7 Å². The third kappa shape index (κ3) is 9.20. The number of hydrogen-bond acceptors (Lipinski definition) is 5. The fourth-order valence-electron chi connectivity index (χ4n) is 4.51. The quantitative estimate of drug-likeness (QED) is 0.0871. The molecule has 0 aromatic heterocycles. The molecule has 0 heterocycles. The average molecular weight is 661 g/mol. The number of thioether (sulfide) groups is 1. The standard InChI is InChI=1S/C37H29ClN4O4S/c38-28-14-7-9-24(21-28)22-32(42-35(44)27-12-5-2-6-13-27)36(45)41-30-15-8-16-31(23-30)47-33(25-10-3-1-4-11-25)37(46)40-29-19-17-26(18-20-29)34(39)43/h1-23,33H,(H2,39,43)(H,40,46)(H,41,45)(H,42,44)/b32-22-. The fourth-order valence-corrected chi connectivity index (χ4v) is 5.80. The predicted octanol–water partition coefficient (Wildman–Crippen LogP) is 7.32. The Morgan fingerprint density at radius 1 is 0.681 bits per heavy atom. The van der Waals surface area contributed by atoms with Crippen LogP contribution in [0.4, 0.5) is 11.4 Å². The van der Waals surface area contributed by atoms with Crippen molar-refractivity contribution in [1.29, 1.82) is 0 Å². The zero-order valence-electron chi connectivity index (χ0n) is 24.9. The third-order valence-electron chi connectivity index (χ3n) is 6.81. The first-order valence-electron chi connectivity index (χ1n) is 14.4. The minimum absolute atomic E-state index is 0.0167. The summed E-state index contributed by atoms with van der Waals surface area (Å²) in [6.45, 7) is 0. The van der Waals surface area contributed by atoms with E-state index in [1.54, 1.807) is 103 Å². The smallest absolute Gasteiger partial charge is 0.272 e. The Labute approximate surface area is 281 Å². The molecule has 5 N–H and O–H groups in total. The molecule has 0 saturated carbocycles. The lowest BCUT2D eigenvalue weighted by atomic mass is 10.1. The molecule has 5 rings (SSSR count). The molecule has 0 fully saturated rings. The number of amides is 4. The number of carbonyl (C=O) groups excluding carboxylic acids is 4. The fraction of sp³-hybridized carbons (Fsp3) is 0.0270. The van der Waals surface area contributed by atoms with Gasteiger partial charge < -0.3 is 21.7 Å². The molecule has 1 atom stereocenters. The van der Waals surface area contributed by atoms with E-state index in [0.29, 0.717) is 38.0 Å². The molecule has 0 saturated heterocycles. The van der Waals surface area contributed by atoms with Crippen LogP contribution in [0.2, 0.25) is 5.02 Å². The van der Waals surface area contributed by atoms with E-state index >= 15 is 0 Å². The van der Waals surface area contributed by atoms with Gasteiger partial charge in [0, 0.05) is 32.4 Å². The Bertz CT molecular complexity index is 1930. The molecule has 47 heavy (non-hydrogen) atoms. The van der Waals surface area contributed by atoms with Crippen molar-refractivity contribution in [1.82, 2.24) is 5.32 Å². The highest BCUT2D eigenvalue weighted by Gasteiger charge is 2.23. The number of nitrogens with one attached hydrogen (secondary N) is 3. The van der Waals surface area contributed by atoms with Gasteiger partial charge in [0.1, 0.15) is 10.9 Å². The second-order valence-corrected chi connectivity index (χ2v) is 11.9. The number of benzene rings is 5. The first-order valence-corrected chi connectivity index (χ1v) is 15.7. The molecule has 0 aliphatic rings. The van der Waals surface area contributed by atoms with Crippen molar-refractivity contribution in [3.8, 4) is 0 Å². The highest BCUT2D eigenvalue weighted by molar-refractivity contribution is 8.00. The highest BCUT2D eigenvalue weighted by atomic mass is 35.5. The van der Waals surface area contributed by atoms with Gasteiger partial charge >= 0.3 is 0 Å². The third-order valence-corrected chi connectivity index (χ3v) is 8.29. The molecule has 8 nitrogen and oxygen atoms in total. The van der Waals surface area contributed by atoms with Gasteiger partial charge in [0.2, 0.25) is 11.8 Å². The summed E-state index contributed by atoms with van der Waals surface area (Å²) in [5, 5.41) is 8.33. The van der Waals surface area contributed by atoms with E-state index in [9.17, 15) is 19.2 Å². The molecule has 0 aliphatic carbocycles. The topological polar surface area (TPSA) is 130 Å². The first-order chi connectivity index (χ1) is 22.7. The maximum absolute atomic E-state index is 13.6. The van der Waals surface area contributed by atoms with Crippen molar-refractivity contribution < 1.29 is 19.2 Å². The molecule has 5 aromatic rings. The number of halogens is 1. The second kappa shape index (κ2) is 15.6. The van der Waals surface area contributed by atoms with E-state index in [-0.39, 0.29) is 11.6 Å². The Hall–Kier alpha value is -5.64. The monoisotopic (exact) mass is 660 g/mol. The number of anilines is 2. The van der Waals surface area contributed by atoms with Gasteiger partial charge in [0.05, 0.1) is 0 Å². The van der Waals surface area contributed by atoms with Gasteiger partial charge in [-0.1, -0.05) is 78.3 Å². The van der Waals surface area contributed by atoms with Crippen molar-refractivity contribution in [2.45, 2.75) is 10.1 Å². The molecule has 4 amide bonds. The van der Waals surface area contributed by atoms with Crippen molar-refractivity contribution in [2.75, 3.05) is 10.6 Å². The van der Waals surface area contributed by atoms with E-state index in [4.69, 9.17) is 17.3 Å². The van der Waals surface area contributed by atoms with Gasteiger partial charge in [-0.15, -0.1) is 11.8 Å². The lowest BCUT2D eigenvalue weighted by molar-refractivity contribution is -0.116. The Morgan fingerprint density at radius 3 is 2.04 bits per heavy atom. The SMILES string of the molecule is NC(=O)c1ccc(NC(=O)C(Sc2cccc(NC(=O)/C(=C/c3cccc(Cl)c3)NC(=O)c3ccccc3)c2)c2ccccc2)cc1. The van der Waals surface area contributed by atoms with E-state index < -0.39 is 23.0 Å². The molecule has 5 aromatic carbocycles. The molecular weight excluding hydrogens is 632 g/mol. The largest absolute Gasteiger partial charge is 0.366 e. The second-order valence-electron chi connectivity index (χ2n) is 10.3. The number of rotatable bonds is 11. The van der Waals surface area contributed by atoms with Crippen LogP contribution in [0.15, 0.2) is 144 Å². The number of primary amides is 1. The van der Waals surface area contributed by atoms with Crippen molar-refractivity contribution >= 4 is 64.4 Å². The summed E-state index contributed by atoms with van der Waals surface area (Å²) in [4.78, 5) is 52.3. The molecule has 1 unspecified atom stereocenters. The maximum Gasteiger partial charge on any atom is 0.272 e. The molecule has 0 spiro atoms. The Kier molecular flexibility index (Phi) is 10.9. The molecule has 0 aliphatic heterocycles. The first kappa shape index (κ1) is 32.7. The van der Waals surface area contributed by atoms with Crippen LogP contribution in [0.3, 0.4) is 0 Å². The van der Waals surface area contributed by atoms with Gasteiger partial charge in [0.25, 0.3) is 11.8 Å². The van der Waals surface area contributed by atoms with Crippen molar-refractivity contribution in [3.05, 3.63) is 166 Å². The minimum atomic E-state index is -0.651. The zero-order chi connectivity index (χ0) is 33.2. The van der Waals surface area contributed by atoms with Crippen LogP contribution in [0.1, 0.15) is 37.1 Å². The average Bonchev–Trinajstić information content (AvgIpc) is 3.08. The summed E-state index contributed by atoms with van der Waals surface area (Å²) in [5.41, 5.74) is 8.45. The van der Waals surface area contributed by atoms with E-state index in [1.165, 1.54) is 11.8 Å². The number of carbonyl (C=O) groups is 4. The summed E-state index contributed by atoms with van der Waals surface area (Å²) in [5.74, 6) is -1.83. The minimum Gasteiger partial charge on any atom is -0.366 e.